The van der Waals surface area contributed by atoms with E-state index in [1.54, 1.807) is 14.2 Å². The molecule has 1 aliphatic heterocycles. The van der Waals surface area contributed by atoms with Gasteiger partial charge < -0.3 is 9.47 Å². The number of methoxy groups -OCH3 is 2. The number of benzene rings is 2. The van der Waals surface area contributed by atoms with Gasteiger partial charge >= 0.3 is 0 Å². The number of nitrogens with zero attached hydrogens (tertiary/aromatic N) is 2. The van der Waals surface area contributed by atoms with Crippen molar-refractivity contribution >= 4 is 0 Å². The first kappa shape index (κ1) is 16.7. The highest BCUT2D eigenvalue weighted by molar-refractivity contribution is 5.68. The molecule has 0 bridgehead atoms. The summed E-state index contributed by atoms with van der Waals surface area (Å²) in [4.78, 5) is 0. The van der Waals surface area contributed by atoms with Gasteiger partial charge in [-0.15, -0.1) is 0 Å². The standard InChI is InChI=1S/C22H25N2O2/c1-25-18-13-11-17(12-14-18)24-20(19-8-5-6-9-21(19)26-2)16-23-15-7-3-4-10-22(23)24/h5-6,8-9,11-14,16H,3-4,7,10,15H2,1-2H3/q+1. The molecular formula is C22H25N2O2+. The summed E-state index contributed by atoms with van der Waals surface area (Å²) in [6.45, 7) is 1.07. The third-order valence-corrected chi connectivity index (χ3v) is 5.12. The van der Waals surface area contributed by atoms with E-state index in [4.69, 9.17) is 9.47 Å². The van der Waals surface area contributed by atoms with Crippen LogP contribution in [-0.2, 0) is 13.0 Å². The molecule has 1 aliphatic rings. The minimum atomic E-state index is 0.874. The Labute approximate surface area is 154 Å². The summed E-state index contributed by atoms with van der Waals surface area (Å²) >= 11 is 0. The van der Waals surface area contributed by atoms with Gasteiger partial charge in [0.2, 0.25) is 0 Å². The Bertz CT molecular complexity index is 897. The molecule has 0 atom stereocenters. The third kappa shape index (κ3) is 2.96. The molecule has 3 aromatic rings. The first-order valence-electron chi connectivity index (χ1n) is 9.23. The normalized spacial score (nSPS) is 13.8. The molecule has 0 saturated carbocycles. The fourth-order valence-electron chi connectivity index (χ4n) is 3.80. The molecule has 0 fully saturated rings. The predicted molar refractivity (Wildman–Crippen MR) is 102 cm³/mol. The zero-order valence-electron chi connectivity index (χ0n) is 15.4. The number of fused-ring (bicyclic) bond motifs is 1. The number of hydrogen-bond donors (Lipinski definition) is 0. The van der Waals surface area contributed by atoms with E-state index in [9.17, 15) is 0 Å². The fourth-order valence-corrected chi connectivity index (χ4v) is 3.80. The van der Waals surface area contributed by atoms with Crippen LogP contribution in [0.3, 0.4) is 0 Å². The zero-order valence-corrected chi connectivity index (χ0v) is 15.4. The molecule has 2 aromatic carbocycles. The average molecular weight is 349 g/mol. The molecule has 26 heavy (non-hydrogen) atoms. The van der Waals surface area contributed by atoms with Crippen molar-refractivity contribution in [2.45, 2.75) is 32.2 Å². The largest absolute Gasteiger partial charge is 0.497 e. The van der Waals surface area contributed by atoms with Crippen LogP contribution in [0.2, 0.25) is 0 Å². The first-order valence-corrected chi connectivity index (χ1v) is 9.23. The van der Waals surface area contributed by atoms with Crippen LogP contribution < -0.4 is 14.0 Å². The van der Waals surface area contributed by atoms with Crippen molar-refractivity contribution in [1.29, 1.82) is 0 Å². The summed E-state index contributed by atoms with van der Waals surface area (Å²) in [6, 6.07) is 16.5. The predicted octanol–water partition coefficient (Wildman–Crippen LogP) is 4.18. The molecule has 4 rings (SSSR count). The molecule has 0 unspecified atom stereocenters. The van der Waals surface area contributed by atoms with Crippen LogP contribution in [0.25, 0.3) is 16.9 Å². The molecule has 0 amide bonds. The van der Waals surface area contributed by atoms with Crippen molar-refractivity contribution in [1.82, 2.24) is 4.57 Å². The van der Waals surface area contributed by atoms with E-state index in [1.807, 2.05) is 24.3 Å². The fraction of sp³-hybridized carbons (Fsp3) is 0.318. The maximum Gasteiger partial charge on any atom is 0.262 e. The maximum atomic E-state index is 5.64. The second-order valence-electron chi connectivity index (χ2n) is 6.67. The van der Waals surface area contributed by atoms with Gasteiger partial charge in [-0.05, 0) is 55.7 Å². The lowest BCUT2D eigenvalue weighted by Gasteiger charge is -2.09. The van der Waals surface area contributed by atoms with Gasteiger partial charge in [0.25, 0.3) is 5.82 Å². The van der Waals surface area contributed by atoms with Crippen LogP contribution in [-0.4, -0.2) is 18.8 Å². The van der Waals surface area contributed by atoms with Crippen LogP contribution in [0, 0.1) is 0 Å². The summed E-state index contributed by atoms with van der Waals surface area (Å²) in [6.07, 6.45) is 7.11. The van der Waals surface area contributed by atoms with Crippen LogP contribution in [0.5, 0.6) is 11.5 Å². The minimum absolute atomic E-state index is 0.874. The topological polar surface area (TPSA) is 27.3 Å². The lowest BCUT2D eigenvalue weighted by molar-refractivity contribution is -0.702. The Morgan fingerprint density at radius 2 is 1.69 bits per heavy atom. The molecule has 0 saturated heterocycles. The Kier molecular flexibility index (Phi) is 4.65. The van der Waals surface area contributed by atoms with E-state index in [0.717, 1.165) is 35.7 Å². The lowest BCUT2D eigenvalue weighted by Crippen LogP contribution is -2.35. The number of aryl methyl sites for hydroxylation is 1. The molecule has 0 aliphatic carbocycles. The summed E-state index contributed by atoms with van der Waals surface area (Å²) in [5.41, 5.74) is 3.44. The number of rotatable bonds is 4. The smallest absolute Gasteiger partial charge is 0.262 e. The highest BCUT2D eigenvalue weighted by Crippen LogP contribution is 2.33. The Morgan fingerprint density at radius 1 is 0.885 bits per heavy atom. The maximum absolute atomic E-state index is 5.64. The van der Waals surface area contributed by atoms with Crippen LogP contribution >= 0.6 is 0 Å². The van der Waals surface area contributed by atoms with Gasteiger partial charge in [-0.3, -0.25) is 0 Å². The molecular weight excluding hydrogens is 324 g/mol. The van der Waals surface area contributed by atoms with Gasteiger partial charge in [0.15, 0.2) is 5.69 Å². The summed E-state index contributed by atoms with van der Waals surface area (Å²) in [5, 5.41) is 0. The second-order valence-corrected chi connectivity index (χ2v) is 6.67. The molecule has 0 spiro atoms. The summed E-state index contributed by atoms with van der Waals surface area (Å²) < 4.78 is 15.8. The quantitative estimate of drug-likeness (QED) is 0.661. The summed E-state index contributed by atoms with van der Waals surface area (Å²) in [7, 11) is 3.43. The number of aromatic nitrogens is 2. The van der Waals surface area contributed by atoms with Gasteiger partial charge in [-0.25, -0.2) is 4.57 Å². The molecule has 134 valence electrons. The zero-order chi connectivity index (χ0) is 17.9. The lowest BCUT2D eigenvalue weighted by atomic mass is 10.1. The molecule has 0 radical (unpaired) electrons. The monoisotopic (exact) mass is 349 g/mol. The van der Waals surface area contributed by atoms with Crippen molar-refractivity contribution in [3.05, 3.63) is 60.6 Å². The van der Waals surface area contributed by atoms with E-state index in [-0.39, 0.29) is 0 Å². The Morgan fingerprint density at radius 3 is 2.46 bits per heavy atom. The number of para-hydroxylation sites is 1. The summed E-state index contributed by atoms with van der Waals surface area (Å²) in [5.74, 6) is 3.13. The van der Waals surface area contributed by atoms with Gasteiger partial charge in [-0.2, -0.15) is 4.57 Å². The third-order valence-electron chi connectivity index (χ3n) is 5.12. The minimum Gasteiger partial charge on any atom is -0.497 e. The van der Waals surface area contributed by atoms with E-state index in [1.165, 1.54) is 30.8 Å². The Hall–Kier alpha value is -2.75. The van der Waals surface area contributed by atoms with Crippen molar-refractivity contribution < 1.29 is 14.0 Å². The highest BCUT2D eigenvalue weighted by atomic mass is 16.5. The number of imidazole rings is 1. The van der Waals surface area contributed by atoms with Crippen molar-refractivity contribution in [2.24, 2.45) is 0 Å². The molecule has 0 N–H and O–H groups in total. The van der Waals surface area contributed by atoms with Gasteiger partial charge in [0.1, 0.15) is 23.4 Å². The molecule has 4 nitrogen and oxygen atoms in total. The van der Waals surface area contributed by atoms with E-state index < -0.39 is 0 Å². The van der Waals surface area contributed by atoms with Gasteiger partial charge in [-0.1, -0.05) is 12.1 Å². The molecule has 2 heterocycles. The van der Waals surface area contributed by atoms with Crippen LogP contribution in [0.15, 0.2) is 54.7 Å². The number of hydrogen-bond acceptors (Lipinski definition) is 2. The number of ether oxygens (including phenoxy) is 2. The van der Waals surface area contributed by atoms with Crippen molar-refractivity contribution in [3.63, 3.8) is 0 Å². The molecule has 4 heteroatoms. The van der Waals surface area contributed by atoms with Crippen LogP contribution in [0.4, 0.5) is 0 Å². The SMILES string of the molecule is COc1ccc(-n2c(-c3ccccc3OC)c[n+]3c2CCCCC3)cc1. The van der Waals surface area contributed by atoms with E-state index >= 15 is 0 Å². The first-order chi connectivity index (χ1) is 12.8. The van der Waals surface area contributed by atoms with Crippen molar-refractivity contribution in [3.8, 4) is 28.4 Å². The highest BCUT2D eigenvalue weighted by Gasteiger charge is 2.28. The van der Waals surface area contributed by atoms with E-state index in [0.29, 0.717) is 0 Å². The van der Waals surface area contributed by atoms with Crippen LogP contribution in [0.1, 0.15) is 25.1 Å². The molecule has 1 aromatic heterocycles. The second kappa shape index (κ2) is 7.24. The van der Waals surface area contributed by atoms with Gasteiger partial charge in [0.05, 0.1) is 26.3 Å². The van der Waals surface area contributed by atoms with Gasteiger partial charge in [0, 0.05) is 6.42 Å². The van der Waals surface area contributed by atoms with Crippen molar-refractivity contribution in [2.75, 3.05) is 14.2 Å². The Balaban J connectivity index is 1.93. The average Bonchev–Trinajstić information content (AvgIpc) is 2.90. The van der Waals surface area contributed by atoms with E-state index in [2.05, 4.69) is 39.6 Å².